The minimum atomic E-state index is 0.852. The highest BCUT2D eigenvalue weighted by Gasteiger charge is 2.20. The second-order valence-electron chi connectivity index (χ2n) is 5.68. The molecule has 1 aromatic heterocycles. The van der Waals surface area contributed by atoms with Crippen molar-refractivity contribution in [2.75, 3.05) is 20.6 Å². The van der Waals surface area contributed by atoms with Gasteiger partial charge in [-0.1, -0.05) is 12.8 Å². The zero-order valence-corrected chi connectivity index (χ0v) is 14.3. The maximum absolute atomic E-state index is 4.36. The Labute approximate surface area is 130 Å². The van der Waals surface area contributed by atoms with E-state index in [-0.39, 0.29) is 0 Å². The van der Waals surface area contributed by atoms with Crippen molar-refractivity contribution in [3.05, 3.63) is 22.4 Å². The molecule has 1 N–H and O–H groups in total. The molecular weight excluding hydrogens is 316 g/mol. The van der Waals surface area contributed by atoms with Crippen LogP contribution in [0.2, 0.25) is 0 Å². The summed E-state index contributed by atoms with van der Waals surface area (Å²) in [5.41, 5.74) is 1.26. The standard InChI is InChI=1S/C15H25BrN4/c1-17-15(18-8-4-5-12-6-7-12)20(3)11-14-9-13(16)10-19(14)2/h9-10,12H,4-8,11H2,1-3H3,(H,17,18). The van der Waals surface area contributed by atoms with E-state index in [4.69, 9.17) is 0 Å². The van der Waals surface area contributed by atoms with Crippen LogP contribution in [0.1, 0.15) is 31.4 Å². The van der Waals surface area contributed by atoms with E-state index in [1.54, 1.807) is 0 Å². The first-order valence-electron chi connectivity index (χ1n) is 7.32. The SMILES string of the molecule is CN=C(NCCCC1CC1)N(C)Cc1cc(Br)cn1C. The third-order valence-electron chi connectivity index (χ3n) is 3.82. The quantitative estimate of drug-likeness (QED) is 0.490. The second kappa shape index (κ2) is 7.16. The molecule has 1 heterocycles. The molecule has 0 aliphatic heterocycles. The monoisotopic (exact) mass is 340 g/mol. The zero-order valence-electron chi connectivity index (χ0n) is 12.7. The van der Waals surface area contributed by atoms with Gasteiger partial charge in [0, 0.05) is 44.1 Å². The Balaban J connectivity index is 1.78. The molecular formula is C15H25BrN4. The summed E-state index contributed by atoms with van der Waals surface area (Å²) in [4.78, 5) is 6.53. The van der Waals surface area contributed by atoms with Crippen LogP contribution >= 0.6 is 15.9 Å². The van der Waals surface area contributed by atoms with E-state index in [1.807, 2.05) is 7.05 Å². The maximum atomic E-state index is 4.36. The van der Waals surface area contributed by atoms with Gasteiger partial charge in [-0.05, 0) is 40.8 Å². The summed E-state index contributed by atoms with van der Waals surface area (Å²) in [6.07, 6.45) is 7.56. The lowest BCUT2D eigenvalue weighted by atomic mass is 10.2. The minimum absolute atomic E-state index is 0.852. The van der Waals surface area contributed by atoms with Crippen LogP contribution in [0, 0.1) is 5.92 Å². The van der Waals surface area contributed by atoms with E-state index in [2.05, 4.69) is 62.1 Å². The van der Waals surface area contributed by atoms with Crippen LogP contribution < -0.4 is 5.32 Å². The summed E-state index contributed by atoms with van der Waals surface area (Å²) < 4.78 is 3.26. The molecule has 0 amide bonds. The third kappa shape index (κ3) is 4.54. The first-order valence-corrected chi connectivity index (χ1v) is 8.12. The summed E-state index contributed by atoms with van der Waals surface area (Å²) in [6, 6.07) is 2.15. The van der Waals surface area contributed by atoms with Crippen molar-refractivity contribution in [3.8, 4) is 0 Å². The van der Waals surface area contributed by atoms with Gasteiger partial charge in [0.05, 0.1) is 6.54 Å². The van der Waals surface area contributed by atoms with E-state index in [0.717, 1.165) is 29.4 Å². The third-order valence-corrected chi connectivity index (χ3v) is 4.25. The fourth-order valence-corrected chi connectivity index (χ4v) is 2.99. The van der Waals surface area contributed by atoms with Crippen molar-refractivity contribution >= 4 is 21.9 Å². The summed E-state index contributed by atoms with van der Waals surface area (Å²) in [7, 11) is 6.00. The van der Waals surface area contributed by atoms with Gasteiger partial charge in [-0.2, -0.15) is 0 Å². The Morgan fingerprint density at radius 3 is 2.85 bits per heavy atom. The Bertz CT molecular complexity index is 462. The summed E-state index contributed by atoms with van der Waals surface area (Å²) >= 11 is 3.51. The number of aromatic nitrogens is 1. The average molecular weight is 341 g/mol. The number of nitrogens with one attached hydrogen (secondary N) is 1. The van der Waals surface area contributed by atoms with Crippen molar-refractivity contribution in [1.29, 1.82) is 0 Å². The number of aliphatic imine (C=N–C) groups is 1. The molecule has 20 heavy (non-hydrogen) atoms. The number of nitrogens with zero attached hydrogens (tertiary/aromatic N) is 3. The summed E-state index contributed by atoms with van der Waals surface area (Å²) in [6.45, 7) is 1.87. The Kier molecular flexibility index (Phi) is 5.52. The Hall–Kier alpha value is -0.970. The lowest BCUT2D eigenvalue weighted by molar-refractivity contribution is 0.459. The van der Waals surface area contributed by atoms with Crippen LogP contribution in [-0.2, 0) is 13.6 Å². The summed E-state index contributed by atoms with van der Waals surface area (Å²) in [5.74, 6) is 1.98. The molecule has 4 nitrogen and oxygen atoms in total. The van der Waals surface area contributed by atoms with Gasteiger partial charge in [-0.15, -0.1) is 0 Å². The molecule has 0 radical (unpaired) electrons. The van der Waals surface area contributed by atoms with Crippen LogP contribution in [-0.4, -0.2) is 36.1 Å². The fourth-order valence-electron chi connectivity index (χ4n) is 2.42. The lowest BCUT2D eigenvalue weighted by Crippen LogP contribution is -2.39. The fraction of sp³-hybridized carbons (Fsp3) is 0.667. The van der Waals surface area contributed by atoms with Crippen molar-refractivity contribution in [1.82, 2.24) is 14.8 Å². The smallest absolute Gasteiger partial charge is 0.193 e. The summed E-state index contributed by atoms with van der Waals surface area (Å²) in [5, 5.41) is 3.45. The highest BCUT2D eigenvalue weighted by atomic mass is 79.9. The van der Waals surface area contributed by atoms with Crippen molar-refractivity contribution in [3.63, 3.8) is 0 Å². The highest BCUT2D eigenvalue weighted by molar-refractivity contribution is 9.10. The lowest BCUT2D eigenvalue weighted by Gasteiger charge is -2.22. The number of aryl methyl sites for hydroxylation is 1. The van der Waals surface area contributed by atoms with Crippen molar-refractivity contribution < 1.29 is 0 Å². The van der Waals surface area contributed by atoms with Crippen LogP contribution in [0.25, 0.3) is 0 Å². The molecule has 112 valence electrons. The number of guanidine groups is 1. The largest absolute Gasteiger partial charge is 0.356 e. The predicted octanol–water partition coefficient (Wildman–Crippen LogP) is 2.99. The molecule has 1 aliphatic rings. The molecule has 0 bridgehead atoms. The van der Waals surface area contributed by atoms with Gasteiger partial charge >= 0.3 is 0 Å². The van der Waals surface area contributed by atoms with Gasteiger partial charge in [-0.3, -0.25) is 4.99 Å². The molecule has 5 heteroatoms. The number of rotatable bonds is 6. The molecule has 0 aromatic carbocycles. The van der Waals surface area contributed by atoms with Crippen LogP contribution in [0.4, 0.5) is 0 Å². The van der Waals surface area contributed by atoms with Crippen molar-refractivity contribution in [2.45, 2.75) is 32.2 Å². The van der Waals surface area contributed by atoms with E-state index in [0.29, 0.717) is 0 Å². The van der Waals surface area contributed by atoms with Crippen molar-refractivity contribution in [2.24, 2.45) is 18.0 Å². The van der Waals surface area contributed by atoms with Gasteiger partial charge in [0.1, 0.15) is 0 Å². The second-order valence-corrected chi connectivity index (χ2v) is 6.59. The van der Waals surface area contributed by atoms with Gasteiger partial charge in [0.15, 0.2) is 5.96 Å². The Morgan fingerprint density at radius 1 is 1.55 bits per heavy atom. The highest BCUT2D eigenvalue weighted by Crippen LogP contribution is 2.33. The normalized spacial score (nSPS) is 15.5. The molecule has 1 saturated carbocycles. The molecule has 1 aromatic rings. The van der Waals surface area contributed by atoms with E-state index in [1.165, 1.54) is 31.4 Å². The molecule has 1 fully saturated rings. The molecule has 2 rings (SSSR count). The van der Waals surface area contributed by atoms with Crippen LogP contribution in [0.15, 0.2) is 21.7 Å². The van der Waals surface area contributed by atoms with Gasteiger partial charge < -0.3 is 14.8 Å². The number of hydrogen-bond donors (Lipinski definition) is 1. The molecule has 0 atom stereocenters. The topological polar surface area (TPSA) is 32.6 Å². The van der Waals surface area contributed by atoms with Gasteiger partial charge in [0.25, 0.3) is 0 Å². The predicted molar refractivity (Wildman–Crippen MR) is 87.9 cm³/mol. The van der Waals surface area contributed by atoms with Crippen LogP contribution in [0.3, 0.4) is 0 Å². The molecule has 1 aliphatic carbocycles. The first kappa shape index (κ1) is 15.4. The first-order chi connectivity index (χ1) is 9.60. The molecule has 0 unspecified atom stereocenters. The van der Waals surface area contributed by atoms with E-state index >= 15 is 0 Å². The molecule has 0 spiro atoms. The average Bonchev–Trinajstić information content (AvgIpc) is 3.16. The molecule has 0 saturated heterocycles. The minimum Gasteiger partial charge on any atom is -0.356 e. The Morgan fingerprint density at radius 2 is 2.30 bits per heavy atom. The number of halogens is 1. The number of hydrogen-bond acceptors (Lipinski definition) is 1. The van der Waals surface area contributed by atoms with Gasteiger partial charge in [-0.25, -0.2) is 0 Å². The van der Waals surface area contributed by atoms with E-state index < -0.39 is 0 Å². The maximum Gasteiger partial charge on any atom is 0.193 e. The van der Waals surface area contributed by atoms with E-state index in [9.17, 15) is 0 Å². The zero-order chi connectivity index (χ0) is 14.5. The van der Waals surface area contributed by atoms with Crippen LogP contribution in [0.5, 0.6) is 0 Å². The van der Waals surface area contributed by atoms with Gasteiger partial charge in [0.2, 0.25) is 0 Å².